The molecule has 2 heterocycles. The maximum atomic E-state index is 13.6. The minimum Gasteiger partial charge on any atom is -0.352 e. The fraction of sp³-hybridized carbons (Fsp3) is 0.400. The first kappa shape index (κ1) is 23.8. The van der Waals surface area contributed by atoms with E-state index in [-0.39, 0.29) is 23.6 Å². The van der Waals surface area contributed by atoms with Crippen LogP contribution in [0.4, 0.5) is 8.78 Å². The van der Waals surface area contributed by atoms with Crippen molar-refractivity contribution >= 4 is 18.1 Å². The van der Waals surface area contributed by atoms with Crippen molar-refractivity contribution in [3.8, 4) is 17.1 Å². The molecule has 2 fully saturated rings. The Hall–Kier alpha value is -2.95. The summed E-state index contributed by atoms with van der Waals surface area (Å²) in [6, 6.07) is 12.3. The number of benzene rings is 2. The summed E-state index contributed by atoms with van der Waals surface area (Å²) >= 11 is 5.77. The maximum absolute atomic E-state index is 13.6. The Balaban J connectivity index is 1.34. The van der Waals surface area contributed by atoms with Gasteiger partial charge in [-0.3, -0.25) is 19.2 Å². The molecule has 1 saturated carbocycles. The number of nitrogens with one attached hydrogen (secondary N) is 1. The van der Waals surface area contributed by atoms with Crippen LogP contribution in [0.5, 0.6) is 0 Å². The first-order valence-corrected chi connectivity index (χ1v) is 12.3. The summed E-state index contributed by atoms with van der Waals surface area (Å²) in [7, 11) is 0. The summed E-state index contributed by atoms with van der Waals surface area (Å²) in [6.07, 6.45) is 2.16. The summed E-state index contributed by atoms with van der Waals surface area (Å²) < 4.78 is 31.1. The SMILES string of the molecule is CC(C(=O)NC1CC1)N1CCN(Cn2nc(-c3ccc(F)cc3)n(-c3ccc(F)cc3)c2=S)CC1. The third-order valence-electron chi connectivity index (χ3n) is 6.62. The van der Waals surface area contributed by atoms with Crippen LogP contribution in [-0.2, 0) is 11.5 Å². The standard InChI is InChI=1S/C25H28F2N6OS/c1-17(24(34)28-21-8-9-21)31-14-12-30(13-15-31)16-32-25(35)33(22-10-6-20(27)7-11-22)23(29-32)18-2-4-19(26)5-3-18/h2-7,10-11,17,21H,8-9,12-16H2,1H3,(H,28,34). The number of hydrogen-bond donors (Lipinski definition) is 1. The molecule has 1 aliphatic heterocycles. The van der Waals surface area contributed by atoms with E-state index in [1.807, 2.05) is 6.92 Å². The van der Waals surface area contributed by atoms with E-state index in [9.17, 15) is 13.6 Å². The van der Waals surface area contributed by atoms with Crippen molar-refractivity contribution in [3.63, 3.8) is 0 Å². The molecule has 1 amide bonds. The molecule has 35 heavy (non-hydrogen) atoms. The molecule has 10 heteroatoms. The van der Waals surface area contributed by atoms with Gasteiger partial charge < -0.3 is 5.32 Å². The number of rotatable bonds is 7. The molecule has 1 aromatic heterocycles. The van der Waals surface area contributed by atoms with Crippen LogP contribution in [0.25, 0.3) is 17.1 Å². The van der Waals surface area contributed by atoms with Gasteiger partial charge in [-0.2, -0.15) is 0 Å². The quantitative estimate of drug-likeness (QED) is 0.505. The van der Waals surface area contributed by atoms with Gasteiger partial charge in [-0.25, -0.2) is 13.5 Å². The summed E-state index contributed by atoms with van der Waals surface area (Å²) in [6.45, 7) is 5.54. The Morgan fingerprint density at radius 1 is 1.03 bits per heavy atom. The lowest BCUT2D eigenvalue weighted by molar-refractivity contribution is -0.126. The van der Waals surface area contributed by atoms with Crippen molar-refractivity contribution in [1.29, 1.82) is 0 Å². The van der Waals surface area contributed by atoms with Gasteiger partial charge in [-0.05, 0) is 80.5 Å². The van der Waals surface area contributed by atoms with Crippen molar-refractivity contribution < 1.29 is 13.6 Å². The van der Waals surface area contributed by atoms with Gasteiger partial charge in [0.15, 0.2) is 5.82 Å². The van der Waals surface area contributed by atoms with Gasteiger partial charge in [0.2, 0.25) is 10.7 Å². The van der Waals surface area contributed by atoms with E-state index < -0.39 is 0 Å². The zero-order chi connectivity index (χ0) is 24.5. The highest BCUT2D eigenvalue weighted by Crippen LogP contribution is 2.24. The monoisotopic (exact) mass is 498 g/mol. The number of carbonyl (C=O) groups excluding carboxylic acids is 1. The molecule has 3 aromatic rings. The Kier molecular flexibility index (Phi) is 6.77. The lowest BCUT2D eigenvalue weighted by atomic mass is 10.2. The Morgan fingerprint density at radius 3 is 2.23 bits per heavy atom. The van der Waals surface area contributed by atoms with Gasteiger partial charge in [0, 0.05) is 37.8 Å². The molecule has 1 atom stereocenters. The van der Waals surface area contributed by atoms with Crippen LogP contribution in [0.15, 0.2) is 48.5 Å². The van der Waals surface area contributed by atoms with Crippen molar-refractivity contribution in [2.24, 2.45) is 0 Å². The van der Waals surface area contributed by atoms with Crippen LogP contribution in [0.3, 0.4) is 0 Å². The molecule has 1 saturated heterocycles. The molecule has 0 spiro atoms. The van der Waals surface area contributed by atoms with Gasteiger partial charge in [-0.15, -0.1) is 5.10 Å². The van der Waals surface area contributed by atoms with Gasteiger partial charge in [0.1, 0.15) is 11.6 Å². The molecule has 7 nitrogen and oxygen atoms in total. The first-order chi connectivity index (χ1) is 16.9. The average Bonchev–Trinajstić information content (AvgIpc) is 3.62. The van der Waals surface area contributed by atoms with Crippen molar-refractivity contribution in [2.75, 3.05) is 26.2 Å². The number of piperazine rings is 1. The Labute approximate surface area is 208 Å². The highest BCUT2D eigenvalue weighted by molar-refractivity contribution is 7.71. The normalized spacial score (nSPS) is 17.9. The van der Waals surface area contributed by atoms with E-state index in [1.54, 1.807) is 33.5 Å². The number of nitrogens with zero attached hydrogens (tertiary/aromatic N) is 5. The molecule has 2 aliphatic rings. The smallest absolute Gasteiger partial charge is 0.237 e. The van der Waals surface area contributed by atoms with Crippen LogP contribution in [0.1, 0.15) is 19.8 Å². The zero-order valence-corrected chi connectivity index (χ0v) is 20.3. The third kappa shape index (κ3) is 5.34. The summed E-state index contributed by atoms with van der Waals surface area (Å²) in [5, 5.41) is 7.85. The fourth-order valence-electron chi connectivity index (χ4n) is 4.31. The molecule has 2 aromatic carbocycles. The number of aromatic nitrogens is 3. The summed E-state index contributed by atoms with van der Waals surface area (Å²) in [5.41, 5.74) is 1.39. The highest BCUT2D eigenvalue weighted by Gasteiger charge is 2.30. The number of halogens is 2. The van der Waals surface area contributed by atoms with E-state index in [4.69, 9.17) is 17.3 Å². The van der Waals surface area contributed by atoms with E-state index in [0.29, 0.717) is 34.6 Å². The molecule has 5 rings (SSSR count). The van der Waals surface area contributed by atoms with Gasteiger partial charge in [-0.1, -0.05) is 0 Å². The number of amides is 1. The highest BCUT2D eigenvalue weighted by atomic mass is 32.1. The second-order valence-electron chi connectivity index (χ2n) is 9.18. The van der Waals surface area contributed by atoms with Crippen molar-refractivity contribution in [3.05, 3.63) is 64.9 Å². The Bertz CT molecular complexity index is 1240. The topological polar surface area (TPSA) is 58.3 Å². The van der Waals surface area contributed by atoms with Crippen molar-refractivity contribution in [2.45, 2.75) is 38.5 Å². The number of carbonyl (C=O) groups is 1. The predicted octanol–water partition coefficient (Wildman–Crippen LogP) is 3.59. The lowest BCUT2D eigenvalue weighted by Crippen LogP contribution is -2.54. The van der Waals surface area contributed by atoms with E-state index >= 15 is 0 Å². The van der Waals surface area contributed by atoms with Gasteiger partial charge in [0.25, 0.3) is 0 Å². The number of hydrogen-bond acceptors (Lipinski definition) is 5. The second-order valence-corrected chi connectivity index (χ2v) is 9.54. The molecular weight excluding hydrogens is 470 g/mol. The van der Waals surface area contributed by atoms with E-state index in [2.05, 4.69) is 15.1 Å². The Morgan fingerprint density at radius 2 is 1.63 bits per heavy atom. The average molecular weight is 499 g/mol. The molecule has 0 radical (unpaired) electrons. The van der Waals surface area contributed by atoms with Gasteiger partial charge in [0.05, 0.1) is 18.4 Å². The molecule has 1 N–H and O–H groups in total. The van der Waals surface area contributed by atoms with E-state index in [1.165, 1.54) is 24.3 Å². The minimum absolute atomic E-state index is 0.102. The van der Waals surface area contributed by atoms with Crippen LogP contribution in [-0.4, -0.2) is 68.3 Å². The predicted molar refractivity (Wildman–Crippen MR) is 132 cm³/mol. The van der Waals surface area contributed by atoms with Crippen LogP contribution >= 0.6 is 12.2 Å². The third-order valence-corrected chi connectivity index (χ3v) is 7.01. The fourth-order valence-corrected chi connectivity index (χ4v) is 4.60. The molecular formula is C25H28F2N6OS. The van der Waals surface area contributed by atoms with Gasteiger partial charge >= 0.3 is 0 Å². The summed E-state index contributed by atoms with van der Waals surface area (Å²) in [4.78, 5) is 16.9. The lowest BCUT2D eigenvalue weighted by Gasteiger charge is -2.37. The molecule has 1 aliphatic carbocycles. The van der Waals surface area contributed by atoms with Crippen LogP contribution in [0.2, 0.25) is 0 Å². The zero-order valence-electron chi connectivity index (χ0n) is 19.5. The molecule has 184 valence electrons. The first-order valence-electron chi connectivity index (χ1n) is 11.9. The van der Waals surface area contributed by atoms with E-state index in [0.717, 1.165) is 39.0 Å². The van der Waals surface area contributed by atoms with Crippen LogP contribution in [0, 0.1) is 16.4 Å². The molecule has 0 bridgehead atoms. The second kappa shape index (κ2) is 9.96. The van der Waals surface area contributed by atoms with Crippen LogP contribution < -0.4 is 5.32 Å². The minimum atomic E-state index is -0.339. The largest absolute Gasteiger partial charge is 0.352 e. The molecule has 1 unspecified atom stereocenters. The van der Waals surface area contributed by atoms with Crippen molar-refractivity contribution in [1.82, 2.24) is 29.5 Å². The summed E-state index contributed by atoms with van der Waals surface area (Å²) in [5.74, 6) is -0.0114. The maximum Gasteiger partial charge on any atom is 0.237 e.